The second-order valence-electron chi connectivity index (χ2n) is 9.50. The van der Waals surface area contributed by atoms with Gasteiger partial charge in [0.05, 0.1) is 23.3 Å². The normalized spacial score (nSPS) is 15.6. The first-order chi connectivity index (χ1) is 17.5. The fourth-order valence-corrected chi connectivity index (χ4v) is 5.21. The van der Waals surface area contributed by atoms with Crippen LogP contribution in [0.1, 0.15) is 40.9 Å². The first-order valence-corrected chi connectivity index (χ1v) is 13.9. The van der Waals surface area contributed by atoms with E-state index < -0.39 is 10.0 Å². The minimum Gasteiger partial charge on any atom is -0.310 e. The average Bonchev–Trinajstić information content (AvgIpc) is 3.42. The molecule has 11 heteroatoms. The van der Waals surface area contributed by atoms with Crippen molar-refractivity contribution in [2.24, 2.45) is 0 Å². The quantitative estimate of drug-likeness (QED) is 0.404. The van der Waals surface area contributed by atoms with Crippen molar-refractivity contribution in [1.29, 1.82) is 0 Å². The third-order valence-electron chi connectivity index (χ3n) is 6.64. The van der Waals surface area contributed by atoms with Gasteiger partial charge in [0.1, 0.15) is 11.6 Å². The van der Waals surface area contributed by atoms with Crippen LogP contribution in [0.2, 0.25) is 0 Å². The molecule has 3 heterocycles. The zero-order chi connectivity index (χ0) is 26.5. The van der Waals surface area contributed by atoms with Gasteiger partial charge in [-0.3, -0.25) is 9.13 Å². The van der Waals surface area contributed by atoms with Crippen LogP contribution in [-0.2, 0) is 23.0 Å². The number of benzene rings is 2. The molecule has 0 saturated heterocycles. The number of imidazole rings is 1. The van der Waals surface area contributed by atoms with Gasteiger partial charge < -0.3 is 5.32 Å². The molecule has 1 atom stereocenters. The lowest BCUT2D eigenvalue weighted by Gasteiger charge is -2.21. The van der Waals surface area contributed by atoms with Gasteiger partial charge in [-0.05, 0) is 61.7 Å². The second-order valence-corrected chi connectivity index (χ2v) is 11.3. The van der Waals surface area contributed by atoms with E-state index in [0.717, 1.165) is 36.0 Å². The van der Waals surface area contributed by atoms with Gasteiger partial charge in [0.25, 0.3) is 0 Å². The van der Waals surface area contributed by atoms with Crippen molar-refractivity contribution in [2.45, 2.75) is 39.8 Å². The smallest absolute Gasteiger partial charge is 0.310 e. The summed E-state index contributed by atoms with van der Waals surface area (Å²) in [6.07, 6.45) is 5.23. The van der Waals surface area contributed by atoms with Crippen molar-refractivity contribution in [3.05, 3.63) is 93.0 Å². The summed E-state index contributed by atoms with van der Waals surface area (Å²) >= 11 is 0. The molecule has 9 nitrogen and oxygen atoms in total. The predicted octanol–water partition coefficient (Wildman–Crippen LogP) is 2.83. The first-order valence-electron chi connectivity index (χ1n) is 12.0. The van der Waals surface area contributed by atoms with E-state index >= 15 is 0 Å². The Labute approximate surface area is 214 Å². The molecule has 5 rings (SSSR count). The number of aryl methyl sites for hydroxylation is 2. The van der Waals surface area contributed by atoms with Gasteiger partial charge in [-0.15, -0.1) is 0 Å². The van der Waals surface area contributed by atoms with Crippen LogP contribution < -0.4 is 15.7 Å². The molecule has 0 unspecified atom stereocenters. The first kappa shape index (κ1) is 25.1. The molecule has 0 amide bonds. The van der Waals surface area contributed by atoms with Crippen molar-refractivity contribution >= 4 is 10.0 Å². The van der Waals surface area contributed by atoms with Gasteiger partial charge in [-0.25, -0.2) is 27.0 Å². The molecule has 194 valence electrons. The summed E-state index contributed by atoms with van der Waals surface area (Å²) in [7, 11) is -3.30. The molecule has 0 aliphatic carbocycles. The molecule has 0 spiro atoms. The van der Waals surface area contributed by atoms with Crippen LogP contribution in [0.3, 0.4) is 0 Å². The van der Waals surface area contributed by atoms with Crippen molar-refractivity contribution in [3.63, 3.8) is 0 Å². The summed E-state index contributed by atoms with van der Waals surface area (Å²) in [6, 6.07) is 10.6. The lowest BCUT2D eigenvalue weighted by Crippen LogP contribution is -2.30. The summed E-state index contributed by atoms with van der Waals surface area (Å²) < 4.78 is 44.4. The molecule has 0 fully saturated rings. The molecule has 2 N–H and O–H groups in total. The highest BCUT2D eigenvalue weighted by Crippen LogP contribution is 2.31. The average molecular weight is 525 g/mol. The standard InChI is InChI=1S/C26H29FN6O3S/c1-16-13-21(14-17(2)24(16)27)33-25(23-18(3)28-10-9-22(23)30-33)32-12-11-31(26(32)34)20-7-5-19(6-8-20)15-29-37(4,35)36/h5-8,11-14,18,28-29H,9-10,15H2,1-4H3/t18-/m0/s1. The van der Waals surface area contributed by atoms with Gasteiger partial charge in [-0.1, -0.05) is 12.1 Å². The number of rotatable bonds is 6. The van der Waals surface area contributed by atoms with E-state index in [0.29, 0.717) is 28.3 Å². The Morgan fingerprint density at radius 1 is 1.08 bits per heavy atom. The van der Waals surface area contributed by atoms with Crippen LogP contribution in [-0.4, -0.2) is 40.1 Å². The van der Waals surface area contributed by atoms with E-state index in [-0.39, 0.29) is 24.1 Å². The number of nitrogens with zero attached hydrogens (tertiary/aromatic N) is 4. The van der Waals surface area contributed by atoms with Crippen molar-refractivity contribution in [3.8, 4) is 17.2 Å². The largest absolute Gasteiger partial charge is 0.338 e. The summed E-state index contributed by atoms with van der Waals surface area (Å²) in [5, 5.41) is 8.31. The molecule has 1 aliphatic heterocycles. The monoisotopic (exact) mass is 524 g/mol. The SMILES string of the molecule is Cc1cc(-n2nc3c(c2-n2ccn(-c4ccc(CNS(C)(=O)=O)cc4)c2=O)[C@H](C)NCC3)cc(C)c1F. The number of hydrogen-bond acceptors (Lipinski definition) is 5. The van der Waals surface area contributed by atoms with Crippen LogP contribution >= 0.6 is 0 Å². The minimum absolute atomic E-state index is 0.0213. The number of hydrogen-bond donors (Lipinski definition) is 2. The Hall–Kier alpha value is -3.54. The van der Waals surface area contributed by atoms with Crippen molar-refractivity contribution in [1.82, 2.24) is 29.0 Å². The number of aromatic nitrogens is 4. The van der Waals surface area contributed by atoms with E-state index in [4.69, 9.17) is 5.10 Å². The zero-order valence-corrected chi connectivity index (χ0v) is 21.9. The zero-order valence-electron chi connectivity index (χ0n) is 21.1. The lowest BCUT2D eigenvalue weighted by atomic mass is 10.0. The molecule has 4 aromatic rings. The van der Waals surface area contributed by atoms with E-state index in [1.807, 2.05) is 6.92 Å². The number of halogens is 1. The maximum Gasteiger partial charge on any atom is 0.338 e. The second kappa shape index (κ2) is 9.40. The summed E-state index contributed by atoms with van der Waals surface area (Å²) in [5.41, 5.74) is 4.69. The Kier molecular flexibility index (Phi) is 6.38. The van der Waals surface area contributed by atoms with E-state index in [1.165, 1.54) is 4.57 Å². The summed E-state index contributed by atoms with van der Waals surface area (Å²) in [6.45, 7) is 6.43. The van der Waals surface area contributed by atoms with Crippen LogP contribution in [0.15, 0.2) is 53.6 Å². The lowest BCUT2D eigenvalue weighted by molar-refractivity contribution is 0.536. The highest BCUT2D eigenvalue weighted by Gasteiger charge is 2.29. The van der Waals surface area contributed by atoms with E-state index in [1.54, 1.807) is 71.9 Å². The Balaban J connectivity index is 1.60. The van der Waals surface area contributed by atoms with Crippen LogP contribution in [0.4, 0.5) is 4.39 Å². The Morgan fingerprint density at radius 3 is 2.38 bits per heavy atom. The molecular weight excluding hydrogens is 495 g/mol. The van der Waals surface area contributed by atoms with Crippen LogP contribution in [0.5, 0.6) is 0 Å². The molecule has 0 radical (unpaired) electrons. The van der Waals surface area contributed by atoms with Gasteiger partial charge >= 0.3 is 5.69 Å². The van der Waals surface area contributed by atoms with Gasteiger partial charge in [-0.2, -0.15) is 5.10 Å². The summed E-state index contributed by atoms with van der Waals surface area (Å²) in [5.74, 6) is 0.369. The van der Waals surface area contributed by atoms with Gasteiger partial charge in [0.15, 0.2) is 0 Å². The fraction of sp³-hybridized carbons (Fsp3) is 0.308. The van der Waals surface area contributed by atoms with Crippen LogP contribution in [0.25, 0.3) is 17.2 Å². The fourth-order valence-electron chi connectivity index (χ4n) is 4.78. The number of nitrogens with one attached hydrogen (secondary N) is 2. The van der Waals surface area contributed by atoms with Crippen molar-refractivity contribution < 1.29 is 12.8 Å². The predicted molar refractivity (Wildman–Crippen MR) is 140 cm³/mol. The molecule has 37 heavy (non-hydrogen) atoms. The topological polar surface area (TPSA) is 103 Å². The Bertz CT molecular complexity index is 1630. The third kappa shape index (κ3) is 4.77. The van der Waals surface area contributed by atoms with E-state index in [2.05, 4.69) is 10.0 Å². The maximum atomic E-state index is 14.4. The Morgan fingerprint density at radius 2 is 1.73 bits per heavy atom. The molecule has 0 saturated carbocycles. The number of sulfonamides is 1. The van der Waals surface area contributed by atoms with Gasteiger partial charge in [0, 0.05) is 43.5 Å². The molecule has 2 aromatic heterocycles. The van der Waals surface area contributed by atoms with Crippen molar-refractivity contribution in [2.75, 3.05) is 12.8 Å². The minimum atomic E-state index is -3.30. The third-order valence-corrected chi connectivity index (χ3v) is 7.31. The number of fused-ring (bicyclic) bond motifs is 1. The molecular formula is C26H29FN6O3S. The maximum absolute atomic E-state index is 14.4. The molecule has 1 aliphatic rings. The van der Waals surface area contributed by atoms with Gasteiger partial charge in [0.2, 0.25) is 10.0 Å². The highest BCUT2D eigenvalue weighted by molar-refractivity contribution is 7.88. The molecule has 2 aromatic carbocycles. The van der Waals surface area contributed by atoms with E-state index in [9.17, 15) is 17.6 Å². The molecule has 0 bridgehead atoms. The summed E-state index contributed by atoms with van der Waals surface area (Å²) in [4.78, 5) is 13.7. The highest BCUT2D eigenvalue weighted by atomic mass is 32.2. The van der Waals surface area contributed by atoms with Crippen LogP contribution in [0, 0.1) is 19.7 Å².